The molecule has 0 fully saturated rings. The molecule has 2 aromatic rings. The van der Waals surface area contributed by atoms with Crippen LogP contribution in [0.5, 0.6) is 5.75 Å². The summed E-state index contributed by atoms with van der Waals surface area (Å²) in [6.07, 6.45) is 0.628. The molecule has 0 aromatic heterocycles. The molecule has 1 atom stereocenters. The summed E-state index contributed by atoms with van der Waals surface area (Å²) in [7, 11) is 1.82. The molecule has 0 saturated carbocycles. The van der Waals surface area contributed by atoms with Gasteiger partial charge in [0.15, 0.2) is 5.72 Å². The molecule has 2 aromatic carbocycles. The zero-order chi connectivity index (χ0) is 16.6. The Balaban J connectivity index is 2.21. The van der Waals surface area contributed by atoms with Crippen molar-refractivity contribution in [3.05, 3.63) is 59.2 Å². The van der Waals surface area contributed by atoms with E-state index in [-0.39, 0.29) is 5.56 Å². The smallest absolute Gasteiger partial charge is 0.197 e. The quantitative estimate of drug-likeness (QED) is 0.912. The van der Waals surface area contributed by atoms with Crippen LogP contribution in [0.15, 0.2) is 41.4 Å². The van der Waals surface area contributed by atoms with Crippen LogP contribution in [0.3, 0.4) is 0 Å². The maximum atomic E-state index is 14.3. The number of anilines is 1. The molecule has 0 bridgehead atoms. The Morgan fingerprint density at radius 2 is 1.87 bits per heavy atom. The fourth-order valence-corrected chi connectivity index (χ4v) is 2.55. The Morgan fingerprint density at radius 1 is 1.13 bits per heavy atom. The number of ether oxygens (including phenoxy) is 1. The second kappa shape index (κ2) is 5.65. The highest BCUT2D eigenvalue weighted by molar-refractivity contribution is 6.15. The van der Waals surface area contributed by atoms with Gasteiger partial charge in [0.25, 0.3) is 0 Å². The van der Waals surface area contributed by atoms with Crippen molar-refractivity contribution in [3.63, 3.8) is 0 Å². The van der Waals surface area contributed by atoms with Crippen molar-refractivity contribution in [2.45, 2.75) is 26.0 Å². The molecule has 0 saturated heterocycles. The second-order valence-corrected chi connectivity index (χ2v) is 5.68. The first-order valence-corrected chi connectivity index (χ1v) is 7.52. The van der Waals surface area contributed by atoms with E-state index in [1.54, 1.807) is 0 Å². The number of rotatable bonds is 3. The minimum atomic E-state index is -0.782. The molecule has 1 unspecified atom stereocenters. The summed E-state index contributed by atoms with van der Waals surface area (Å²) in [6.45, 7) is 3.80. The average molecular weight is 316 g/mol. The fourth-order valence-electron chi connectivity index (χ4n) is 2.55. The molecule has 0 amide bonds. The Kier molecular flexibility index (Phi) is 3.80. The maximum absolute atomic E-state index is 14.3. The third kappa shape index (κ3) is 2.79. The summed E-state index contributed by atoms with van der Waals surface area (Å²) in [4.78, 5) is 4.60. The van der Waals surface area contributed by atoms with E-state index in [1.807, 2.05) is 39.1 Å². The number of nitrogens with zero attached hydrogens (tertiary/aromatic N) is 1. The van der Waals surface area contributed by atoms with Crippen LogP contribution in [-0.4, -0.2) is 18.5 Å². The second-order valence-electron chi connectivity index (χ2n) is 5.68. The predicted octanol–water partition coefficient (Wildman–Crippen LogP) is 4.36. The molecule has 0 aliphatic carbocycles. The standard InChI is InChI=1S/C18H18F2N2O/c1-4-18(2)22-17(13-7-5-11(19)9-15(13)20)14-8-6-12(21-3)10-16(14)23-18/h5-10,21H,4H2,1-3H3. The van der Waals surface area contributed by atoms with E-state index in [9.17, 15) is 8.78 Å². The zero-order valence-corrected chi connectivity index (χ0v) is 13.3. The van der Waals surface area contributed by atoms with Gasteiger partial charge in [0.2, 0.25) is 0 Å². The highest BCUT2D eigenvalue weighted by Gasteiger charge is 2.32. The topological polar surface area (TPSA) is 33.6 Å². The Hall–Kier alpha value is -2.43. The van der Waals surface area contributed by atoms with Crippen LogP contribution in [0.4, 0.5) is 14.5 Å². The van der Waals surface area contributed by atoms with Gasteiger partial charge in [0.1, 0.15) is 17.4 Å². The van der Waals surface area contributed by atoms with E-state index >= 15 is 0 Å². The lowest BCUT2D eigenvalue weighted by Crippen LogP contribution is -2.35. The van der Waals surface area contributed by atoms with E-state index in [1.165, 1.54) is 12.1 Å². The van der Waals surface area contributed by atoms with Gasteiger partial charge in [0, 0.05) is 42.4 Å². The first kappa shape index (κ1) is 15.5. The van der Waals surface area contributed by atoms with Gasteiger partial charge in [-0.15, -0.1) is 0 Å². The van der Waals surface area contributed by atoms with E-state index in [0.29, 0.717) is 23.4 Å². The third-order valence-electron chi connectivity index (χ3n) is 4.05. The van der Waals surface area contributed by atoms with E-state index in [2.05, 4.69) is 10.3 Å². The lowest BCUT2D eigenvalue weighted by atomic mass is 9.97. The number of benzene rings is 2. The number of halogens is 2. The van der Waals surface area contributed by atoms with Crippen molar-refractivity contribution in [3.8, 4) is 5.75 Å². The van der Waals surface area contributed by atoms with Crippen molar-refractivity contribution >= 4 is 11.4 Å². The van der Waals surface area contributed by atoms with Crippen LogP contribution in [0.2, 0.25) is 0 Å². The number of aliphatic imine (C=N–C) groups is 1. The monoisotopic (exact) mass is 316 g/mol. The number of hydrogen-bond acceptors (Lipinski definition) is 3. The van der Waals surface area contributed by atoms with E-state index < -0.39 is 17.4 Å². The van der Waals surface area contributed by atoms with Crippen LogP contribution in [0.25, 0.3) is 0 Å². The van der Waals surface area contributed by atoms with Gasteiger partial charge in [-0.25, -0.2) is 13.8 Å². The summed E-state index contributed by atoms with van der Waals surface area (Å²) in [5.41, 5.74) is 1.56. The molecule has 1 N–H and O–H groups in total. The molecule has 0 spiro atoms. The molecule has 1 aliphatic heterocycles. The maximum Gasteiger partial charge on any atom is 0.197 e. The van der Waals surface area contributed by atoms with Crippen molar-refractivity contribution in [2.24, 2.45) is 4.99 Å². The molecule has 1 aliphatic rings. The minimum absolute atomic E-state index is 0.271. The molecule has 0 radical (unpaired) electrons. The highest BCUT2D eigenvalue weighted by Crippen LogP contribution is 2.36. The largest absolute Gasteiger partial charge is 0.466 e. The molecule has 5 heteroatoms. The molecule has 3 rings (SSSR count). The minimum Gasteiger partial charge on any atom is -0.466 e. The van der Waals surface area contributed by atoms with Gasteiger partial charge in [0.05, 0.1) is 5.71 Å². The van der Waals surface area contributed by atoms with Crippen LogP contribution in [0, 0.1) is 11.6 Å². The van der Waals surface area contributed by atoms with Crippen molar-refractivity contribution in [1.29, 1.82) is 0 Å². The number of nitrogens with one attached hydrogen (secondary N) is 1. The summed E-state index contributed by atoms with van der Waals surface area (Å²) >= 11 is 0. The van der Waals surface area contributed by atoms with Crippen LogP contribution < -0.4 is 10.1 Å². The van der Waals surface area contributed by atoms with Gasteiger partial charge in [-0.05, 0) is 31.2 Å². The highest BCUT2D eigenvalue weighted by atomic mass is 19.1. The zero-order valence-electron chi connectivity index (χ0n) is 13.3. The van der Waals surface area contributed by atoms with Gasteiger partial charge in [-0.2, -0.15) is 0 Å². The first-order chi connectivity index (χ1) is 11.0. The van der Waals surface area contributed by atoms with Crippen LogP contribution in [0.1, 0.15) is 31.4 Å². The Morgan fingerprint density at radius 3 is 2.52 bits per heavy atom. The van der Waals surface area contributed by atoms with E-state index in [0.717, 1.165) is 11.8 Å². The first-order valence-electron chi connectivity index (χ1n) is 7.52. The lowest BCUT2D eigenvalue weighted by Gasteiger charge is -2.32. The van der Waals surface area contributed by atoms with Crippen molar-refractivity contribution in [1.82, 2.24) is 0 Å². The number of fused-ring (bicyclic) bond motifs is 1. The van der Waals surface area contributed by atoms with Crippen LogP contribution in [-0.2, 0) is 0 Å². The van der Waals surface area contributed by atoms with E-state index in [4.69, 9.17) is 4.74 Å². The Bertz CT molecular complexity index is 789. The van der Waals surface area contributed by atoms with Crippen molar-refractivity contribution < 1.29 is 13.5 Å². The number of hydrogen-bond donors (Lipinski definition) is 1. The lowest BCUT2D eigenvalue weighted by molar-refractivity contribution is 0.0903. The fraction of sp³-hybridized carbons (Fsp3) is 0.278. The van der Waals surface area contributed by atoms with Crippen molar-refractivity contribution in [2.75, 3.05) is 12.4 Å². The third-order valence-corrected chi connectivity index (χ3v) is 4.05. The summed E-state index contributed by atoms with van der Waals surface area (Å²) in [5, 5.41) is 3.05. The molecular weight excluding hydrogens is 298 g/mol. The molecule has 23 heavy (non-hydrogen) atoms. The van der Waals surface area contributed by atoms with Gasteiger partial charge in [-0.1, -0.05) is 6.92 Å². The van der Waals surface area contributed by atoms with Gasteiger partial charge < -0.3 is 10.1 Å². The van der Waals surface area contributed by atoms with Gasteiger partial charge >= 0.3 is 0 Å². The van der Waals surface area contributed by atoms with Gasteiger partial charge in [-0.3, -0.25) is 0 Å². The molecule has 3 nitrogen and oxygen atoms in total. The normalized spacial score (nSPS) is 19.6. The molecule has 120 valence electrons. The van der Waals surface area contributed by atoms with Crippen LogP contribution >= 0.6 is 0 Å². The molecular formula is C18H18F2N2O. The summed E-state index contributed by atoms with van der Waals surface area (Å²) in [5.74, 6) is -0.606. The Labute approximate surface area is 134 Å². The molecule has 1 heterocycles. The summed E-state index contributed by atoms with van der Waals surface area (Å²) < 4.78 is 33.5. The summed E-state index contributed by atoms with van der Waals surface area (Å²) in [6, 6.07) is 9.09. The SMILES string of the molecule is CCC1(C)N=C(c2ccc(F)cc2F)c2ccc(NC)cc2O1. The average Bonchev–Trinajstić information content (AvgIpc) is 2.53. The predicted molar refractivity (Wildman–Crippen MR) is 87.3 cm³/mol.